The van der Waals surface area contributed by atoms with E-state index in [4.69, 9.17) is 11.0 Å². The zero-order valence-electron chi connectivity index (χ0n) is 9.33. The largest absolute Gasteiger partial charge is 0.399 e. The third kappa shape index (κ3) is 2.63. The van der Waals surface area contributed by atoms with Gasteiger partial charge in [-0.3, -0.25) is 0 Å². The molecule has 0 unspecified atom stereocenters. The van der Waals surface area contributed by atoms with E-state index in [0.717, 1.165) is 25.2 Å². The molecule has 0 radical (unpaired) electrons. The lowest BCUT2D eigenvalue weighted by molar-refractivity contribution is 0.791. The van der Waals surface area contributed by atoms with Crippen LogP contribution < -0.4 is 10.6 Å². The van der Waals surface area contributed by atoms with Gasteiger partial charge in [0.1, 0.15) is 6.07 Å². The van der Waals surface area contributed by atoms with E-state index in [0.29, 0.717) is 11.3 Å². The van der Waals surface area contributed by atoms with E-state index in [2.05, 4.69) is 24.8 Å². The molecule has 1 aromatic carbocycles. The van der Waals surface area contributed by atoms with Crippen LogP contribution in [0.4, 0.5) is 11.4 Å². The summed E-state index contributed by atoms with van der Waals surface area (Å²) >= 11 is 0. The second-order valence-corrected chi connectivity index (χ2v) is 3.47. The Morgan fingerprint density at radius 1 is 1.40 bits per heavy atom. The maximum absolute atomic E-state index is 9.02. The standard InChI is InChI=1S/C12H17N3/c1-3-7-15(4-2)12-6-5-11(14)8-10(12)9-13/h5-6,8H,3-4,7,14H2,1-2H3. The Labute approximate surface area is 91.1 Å². The van der Waals surface area contributed by atoms with E-state index in [9.17, 15) is 0 Å². The summed E-state index contributed by atoms with van der Waals surface area (Å²) in [6.45, 7) is 6.10. The number of nitrogens with two attached hydrogens (primary N) is 1. The summed E-state index contributed by atoms with van der Waals surface area (Å²) in [6, 6.07) is 7.68. The predicted octanol–water partition coefficient (Wildman–Crippen LogP) is 2.38. The van der Waals surface area contributed by atoms with Crippen LogP contribution >= 0.6 is 0 Å². The number of anilines is 2. The maximum atomic E-state index is 9.02. The van der Waals surface area contributed by atoms with Crippen molar-refractivity contribution in [2.24, 2.45) is 0 Å². The van der Waals surface area contributed by atoms with Crippen molar-refractivity contribution in [1.82, 2.24) is 0 Å². The molecule has 0 aliphatic carbocycles. The average molecular weight is 203 g/mol. The van der Waals surface area contributed by atoms with Crippen LogP contribution in [0.2, 0.25) is 0 Å². The molecular weight excluding hydrogens is 186 g/mol. The van der Waals surface area contributed by atoms with E-state index in [1.807, 2.05) is 12.1 Å². The molecule has 0 bridgehead atoms. The first-order valence-electron chi connectivity index (χ1n) is 5.27. The van der Waals surface area contributed by atoms with Crippen LogP contribution in [0.5, 0.6) is 0 Å². The lowest BCUT2D eigenvalue weighted by atomic mass is 10.1. The van der Waals surface area contributed by atoms with Crippen molar-refractivity contribution in [2.45, 2.75) is 20.3 Å². The van der Waals surface area contributed by atoms with Crippen LogP contribution in [0.25, 0.3) is 0 Å². The van der Waals surface area contributed by atoms with Gasteiger partial charge in [0.2, 0.25) is 0 Å². The first-order valence-corrected chi connectivity index (χ1v) is 5.27. The normalized spacial score (nSPS) is 9.67. The molecule has 0 saturated heterocycles. The second kappa shape index (κ2) is 5.26. The third-order valence-electron chi connectivity index (χ3n) is 2.36. The molecule has 0 saturated carbocycles. The first kappa shape index (κ1) is 11.4. The lowest BCUT2D eigenvalue weighted by Gasteiger charge is -2.23. The monoisotopic (exact) mass is 203 g/mol. The lowest BCUT2D eigenvalue weighted by Crippen LogP contribution is -2.24. The fraction of sp³-hybridized carbons (Fsp3) is 0.417. The molecule has 0 aromatic heterocycles. The quantitative estimate of drug-likeness (QED) is 0.764. The number of hydrogen-bond donors (Lipinski definition) is 1. The zero-order chi connectivity index (χ0) is 11.3. The molecule has 80 valence electrons. The van der Waals surface area contributed by atoms with E-state index < -0.39 is 0 Å². The highest BCUT2D eigenvalue weighted by Gasteiger charge is 2.08. The van der Waals surface area contributed by atoms with Gasteiger partial charge in [-0.05, 0) is 31.5 Å². The Balaban J connectivity index is 3.06. The topological polar surface area (TPSA) is 53.0 Å². The minimum atomic E-state index is 0.642. The SMILES string of the molecule is CCCN(CC)c1ccc(N)cc1C#N. The number of benzene rings is 1. The summed E-state index contributed by atoms with van der Waals surface area (Å²) in [6.07, 6.45) is 1.07. The number of nitrogens with zero attached hydrogens (tertiary/aromatic N) is 2. The summed E-state index contributed by atoms with van der Waals surface area (Å²) in [5.74, 6) is 0. The molecule has 1 aromatic rings. The molecule has 3 heteroatoms. The van der Waals surface area contributed by atoms with Crippen LogP contribution in [-0.4, -0.2) is 13.1 Å². The molecule has 0 amide bonds. The van der Waals surface area contributed by atoms with E-state index in [1.54, 1.807) is 6.07 Å². The molecule has 0 fully saturated rings. The Kier molecular flexibility index (Phi) is 3.99. The van der Waals surface area contributed by atoms with Crippen molar-refractivity contribution in [1.29, 1.82) is 5.26 Å². The number of nitriles is 1. The smallest absolute Gasteiger partial charge is 0.101 e. The van der Waals surface area contributed by atoms with Gasteiger partial charge >= 0.3 is 0 Å². The molecule has 2 N–H and O–H groups in total. The van der Waals surface area contributed by atoms with Crippen molar-refractivity contribution in [2.75, 3.05) is 23.7 Å². The van der Waals surface area contributed by atoms with Crippen molar-refractivity contribution >= 4 is 11.4 Å². The van der Waals surface area contributed by atoms with Gasteiger partial charge in [-0.2, -0.15) is 5.26 Å². The van der Waals surface area contributed by atoms with Gasteiger partial charge in [0.05, 0.1) is 11.3 Å². The van der Waals surface area contributed by atoms with Crippen LogP contribution in [0, 0.1) is 11.3 Å². The van der Waals surface area contributed by atoms with E-state index in [1.165, 1.54) is 0 Å². The number of nitrogen functional groups attached to an aromatic ring is 1. The average Bonchev–Trinajstić information content (AvgIpc) is 2.26. The fourth-order valence-electron chi connectivity index (χ4n) is 1.64. The maximum Gasteiger partial charge on any atom is 0.101 e. The molecule has 0 aliphatic rings. The van der Waals surface area contributed by atoms with Crippen molar-refractivity contribution in [3.8, 4) is 6.07 Å². The first-order chi connectivity index (χ1) is 7.22. The highest BCUT2D eigenvalue weighted by Crippen LogP contribution is 2.22. The summed E-state index contributed by atoms with van der Waals surface area (Å²) in [5.41, 5.74) is 7.93. The van der Waals surface area contributed by atoms with E-state index in [-0.39, 0.29) is 0 Å². The van der Waals surface area contributed by atoms with Crippen LogP contribution in [-0.2, 0) is 0 Å². The van der Waals surface area contributed by atoms with Gasteiger partial charge in [0, 0.05) is 18.8 Å². The molecule has 15 heavy (non-hydrogen) atoms. The van der Waals surface area contributed by atoms with Gasteiger partial charge in [-0.1, -0.05) is 6.92 Å². The van der Waals surface area contributed by atoms with Crippen LogP contribution in [0.3, 0.4) is 0 Å². The molecular formula is C12H17N3. The second-order valence-electron chi connectivity index (χ2n) is 3.47. The zero-order valence-corrected chi connectivity index (χ0v) is 9.33. The summed E-state index contributed by atoms with van der Waals surface area (Å²) in [7, 11) is 0. The summed E-state index contributed by atoms with van der Waals surface area (Å²) in [5, 5.41) is 9.02. The van der Waals surface area contributed by atoms with Gasteiger partial charge in [0.15, 0.2) is 0 Å². The van der Waals surface area contributed by atoms with Gasteiger partial charge in [-0.15, -0.1) is 0 Å². The Hall–Kier alpha value is -1.69. The van der Waals surface area contributed by atoms with Gasteiger partial charge in [0.25, 0.3) is 0 Å². The predicted molar refractivity (Wildman–Crippen MR) is 63.7 cm³/mol. The highest BCUT2D eigenvalue weighted by molar-refractivity contribution is 5.64. The molecule has 0 aliphatic heterocycles. The number of hydrogen-bond acceptors (Lipinski definition) is 3. The minimum absolute atomic E-state index is 0.642. The molecule has 3 nitrogen and oxygen atoms in total. The van der Waals surface area contributed by atoms with E-state index >= 15 is 0 Å². The van der Waals surface area contributed by atoms with Crippen LogP contribution in [0.1, 0.15) is 25.8 Å². The van der Waals surface area contributed by atoms with Gasteiger partial charge in [-0.25, -0.2) is 0 Å². The third-order valence-corrected chi connectivity index (χ3v) is 2.36. The van der Waals surface area contributed by atoms with Crippen molar-refractivity contribution in [3.05, 3.63) is 23.8 Å². The molecule has 0 heterocycles. The Morgan fingerprint density at radius 2 is 2.13 bits per heavy atom. The molecule has 0 atom stereocenters. The Bertz CT molecular complexity index is 366. The summed E-state index contributed by atoms with van der Waals surface area (Å²) in [4.78, 5) is 2.19. The highest BCUT2D eigenvalue weighted by atomic mass is 15.1. The van der Waals surface area contributed by atoms with Crippen LogP contribution in [0.15, 0.2) is 18.2 Å². The summed E-state index contributed by atoms with van der Waals surface area (Å²) < 4.78 is 0. The van der Waals surface area contributed by atoms with Crippen molar-refractivity contribution in [3.63, 3.8) is 0 Å². The fourth-order valence-corrected chi connectivity index (χ4v) is 1.64. The number of rotatable bonds is 4. The Morgan fingerprint density at radius 3 is 2.67 bits per heavy atom. The van der Waals surface area contributed by atoms with Gasteiger partial charge < -0.3 is 10.6 Å². The van der Waals surface area contributed by atoms with Crippen molar-refractivity contribution < 1.29 is 0 Å². The molecule has 1 rings (SSSR count). The minimum Gasteiger partial charge on any atom is -0.399 e. The molecule has 0 spiro atoms.